The van der Waals surface area contributed by atoms with Crippen LogP contribution in [-0.4, -0.2) is 21.4 Å². The monoisotopic (exact) mass is 284 g/mol. The minimum atomic E-state index is -0.491. The van der Waals surface area contributed by atoms with Gasteiger partial charge in [-0.05, 0) is 6.07 Å². The van der Waals surface area contributed by atoms with Gasteiger partial charge < -0.3 is 5.32 Å². The summed E-state index contributed by atoms with van der Waals surface area (Å²) in [5, 5.41) is 16.8. The number of nitrogens with one attached hydrogen (secondary N) is 1. The first kappa shape index (κ1) is 12.7. The topological polar surface area (TPSA) is 81.0 Å². The number of halogens is 1. The van der Waals surface area contributed by atoms with E-state index in [9.17, 15) is 10.1 Å². The Bertz CT molecular complexity index is 547. The second kappa shape index (κ2) is 5.74. The van der Waals surface area contributed by atoms with Crippen molar-refractivity contribution in [2.75, 3.05) is 11.9 Å². The zero-order chi connectivity index (χ0) is 13.0. The highest BCUT2D eigenvalue weighted by Crippen LogP contribution is 2.23. The highest BCUT2D eigenvalue weighted by atomic mass is 35.5. The molecule has 18 heavy (non-hydrogen) atoms. The van der Waals surface area contributed by atoms with Gasteiger partial charge in [-0.1, -0.05) is 11.6 Å². The largest absolute Gasteiger partial charge is 0.364 e. The predicted molar refractivity (Wildman–Crippen MR) is 70.2 cm³/mol. The molecule has 2 rings (SSSR count). The van der Waals surface area contributed by atoms with Crippen molar-refractivity contribution in [1.82, 2.24) is 9.97 Å². The third-order valence-electron chi connectivity index (χ3n) is 2.15. The lowest BCUT2D eigenvalue weighted by Crippen LogP contribution is -2.08. The van der Waals surface area contributed by atoms with Crippen LogP contribution in [0.5, 0.6) is 0 Å². The van der Waals surface area contributed by atoms with Gasteiger partial charge in [-0.3, -0.25) is 10.1 Å². The number of nitrogens with zero attached hydrogens (tertiary/aromatic N) is 3. The summed E-state index contributed by atoms with van der Waals surface area (Å²) in [5.41, 5.74) is -0.0847. The zero-order valence-electron chi connectivity index (χ0n) is 9.17. The molecule has 0 saturated heterocycles. The maximum atomic E-state index is 10.8. The molecular formula is C10H9ClN4O2S. The molecule has 0 radical (unpaired) electrons. The fourth-order valence-electron chi connectivity index (χ4n) is 1.37. The molecule has 0 aliphatic carbocycles. The Morgan fingerprint density at radius 2 is 2.33 bits per heavy atom. The van der Waals surface area contributed by atoms with E-state index in [1.54, 1.807) is 17.5 Å². The average Bonchev–Trinajstić information content (AvgIpc) is 2.82. The standard InChI is InChI=1S/C10H9ClN4O2S/c11-8-2-1-7(15(16)17)10(14-8)13-4-3-9-12-5-6-18-9/h1-2,5-6H,3-4H2,(H,13,14). The first-order valence-corrected chi connectivity index (χ1v) is 6.36. The van der Waals surface area contributed by atoms with E-state index in [0.717, 1.165) is 5.01 Å². The third-order valence-corrected chi connectivity index (χ3v) is 3.20. The van der Waals surface area contributed by atoms with Crippen molar-refractivity contribution < 1.29 is 4.92 Å². The Labute approximate surface area is 112 Å². The van der Waals surface area contributed by atoms with Crippen molar-refractivity contribution in [3.63, 3.8) is 0 Å². The molecule has 0 aliphatic heterocycles. The summed E-state index contributed by atoms with van der Waals surface area (Å²) in [7, 11) is 0. The van der Waals surface area contributed by atoms with Gasteiger partial charge in [0.1, 0.15) is 5.15 Å². The molecule has 0 amide bonds. The second-order valence-electron chi connectivity index (χ2n) is 3.36. The van der Waals surface area contributed by atoms with Crippen LogP contribution in [-0.2, 0) is 6.42 Å². The van der Waals surface area contributed by atoms with Crippen LogP contribution >= 0.6 is 22.9 Å². The summed E-state index contributed by atoms with van der Waals surface area (Å²) in [6, 6.07) is 2.73. The predicted octanol–water partition coefficient (Wildman–Crippen LogP) is 2.75. The summed E-state index contributed by atoms with van der Waals surface area (Å²) < 4.78 is 0. The van der Waals surface area contributed by atoms with Crippen LogP contribution in [0.4, 0.5) is 11.5 Å². The van der Waals surface area contributed by atoms with E-state index in [1.165, 1.54) is 12.1 Å². The molecule has 0 aromatic carbocycles. The normalized spacial score (nSPS) is 10.3. The molecule has 0 fully saturated rings. The summed E-state index contributed by atoms with van der Waals surface area (Å²) in [4.78, 5) is 18.3. The van der Waals surface area contributed by atoms with Gasteiger partial charge >= 0.3 is 5.69 Å². The van der Waals surface area contributed by atoms with E-state index >= 15 is 0 Å². The minimum absolute atomic E-state index is 0.0847. The van der Waals surface area contributed by atoms with Crippen molar-refractivity contribution in [3.05, 3.63) is 44.0 Å². The van der Waals surface area contributed by atoms with Gasteiger partial charge in [-0.25, -0.2) is 9.97 Å². The maximum absolute atomic E-state index is 10.8. The number of aromatic nitrogens is 2. The highest BCUT2D eigenvalue weighted by Gasteiger charge is 2.15. The Morgan fingerprint density at radius 3 is 3.00 bits per heavy atom. The van der Waals surface area contributed by atoms with Gasteiger partial charge in [0.05, 0.1) is 9.93 Å². The number of hydrogen-bond donors (Lipinski definition) is 1. The van der Waals surface area contributed by atoms with Crippen LogP contribution in [0.25, 0.3) is 0 Å². The first-order valence-electron chi connectivity index (χ1n) is 5.10. The molecule has 2 aromatic heterocycles. The number of nitro groups is 1. The Kier molecular flexibility index (Phi) is 4.06. The molecule has 94 valence electrons. The molecule has 6 nitrogen and oxygen atoms in total. The van der Waals surface area contributed by atoms with Gasteiger partial charge in [-0.15, -0.1) is 11.3 Å². The molecule has 0 aliphatic rings. The molecule has 8 heteroatoms. The lowest BCUT2D eigenvalue weighted by molar-refractivity contribution is -0.384. The van der Waals surface area contributed by atoms with Gasteiger partial charge in [0.15, 0.2) is 0 Å². The van der Waals surface area contributed by atoms with Gasteiger partial charge in [0.25, 0.3) is 0 Å². The summed E-state index contributed by atoms with van der Waals surface area (Å²) >= 11 is 7.26. The van der Waals surface area contributed by atoms with E-state index in [1.807, 2.05) is 5.38 Å². The fraction of sp³-hybridized carbons (Fsp3) is 0.200. The summed E-state index contributed by atoms with van der Waals surface area (Å²) in [5.74, 6) is 0.184. The van der Waals surface area contributed by atoms with Crippen LogP contribution in [0.15, 0.2) is 23.7 Å². The second-order valence-corrected chi connectivity index (χ2v) is 4.73. The average molecular weight is 285 g/mol. The van der Waals surface area contributed by atoms with Gasteiger partial charge in [-0.2, -0.15) is 0 Å². The van der Waals surface area contributed by atoms with Crippen molar-refractivity contribution >= 4 is 34.4 Å². The highest BCUT2D eigenvalue weighted by molar-refractivity contribution is 7.09. The Morgan fingerprint density at radius 1 is 1.50 bits per heavy atom. The van der Waals surface area contributed by atoms with Gasteiger partial charge in [0, 0.05) is 30.6 Å². The van der Waals surface area contributed by atoms with E-state index in [2.05, 4.69) is 15.3 Å². The van der Waals surface area contributed by atoms with E-state index in [4.69, 9.17) is 11.6 Å². The van der Waals surface area contributed by atoms with E-state index < -0.39 is 4.92 Å². The molecule has 2 aromatic rings. The summed E-state index contributed by atoms with van der Waals surface area (Å²) in [6.45, 7) is 0.516. The number of thiazole rings is 1. The molecule has 0 atom stereocenters. The molecule has 0 spiro atoms. The van der Waals surface area contributed by atoms with Crippen LogP contribution in [0, 0.1) is 10.1 Å². The fourth-order valence-corrected chi connectivity index (χ4v) is 2.14. The zero-order valence-corrected chi connectivity index (χ0v) is 10.7. The van der Waals surface area contributed by atoms with Crippen molar-refractivity contribution in [2.45, 2.75) is 6.42 Å². The molecule has 0 bridgehead atoms. The van der Waals surface area contributed by atoms with Crippen LogP contribution < -0.4 is 5.32 Å². The smallest absolute Gasteiger partial charge is 0.311 e. The molecule has 1 N–H and O–H groups in total. The van der Waals surface area contributed by atoms with Crippen LogP contribution in [0.2, 0.25) is 5.15 Å². The van der Waals surface area contributed by atoms with E-state index in [0.29, 0.717) is 13.0 Å². The van der Waals surface area contributed by atoms with Gasteiger partial charge in [0.2, 0.25) is 5.82 Å². The molecular weight excluding hydrogens is 276 g/mol. The first-order chi connectivity index (χ1) is 8.66. The lowest BCUT2D eigenvalue weighted by atomic mass is 10.3. The SMILES string of the molecule is O=[N+]([O-])c1ccc(Cl)nc1NCCc1nccs1. The van der Waals surface area contributed by atoms with Crippen molar-refractivity contribution in [1.29, 1.82) is 0 Å². The number of pyridine rings is 1. The van der Waals surface area contributed by atoms with Crippen LogP contribution in [0.3, 0.4) is 0 Å². The van der Waals surface area contributed by atoms with Crippen molar-refractivity contribution in [3.8, 4) is 0 Å². The van der Waals surface area contributed by atoms with E-state index in [-0.39, 0.29) is 16.7 Å². The maximum Gasteiger partial charge on any atom is 0.311 e. The quantitative estimate of drug-likeness (QED) is 0.519. The Hall–Kier alpha value is -1.73. The minimum Gasteiger partial charge on any atom is -0.364 e. The van der Waals surface area contributed by atoms with Crippen LogP contribution in [0.1, 0.15) is 5.01 Å². The summed E-state index contributed by atoms with van der Waals surface area (Å²) in [6.07, 6.45) is 2.41. The Balaban J connectivity index is 2.03. The third kappa shape index (κ3) is 3.14. The lowest BCUT2D eigenvalue weighted by Gasteiger charge is -2.05. The molecule has 0 saturated carbocycles. The number of anilines is 1. The van der Waals surface area contributed by atoms with Crippen molar-refractivity contribution in [2.24, 2.45) is 0 Å². The molecule has 2 heterocycles. The number of rotatable bonds is 5. The molecule has 0 unspecified atom stereocenters. The number of hydrogen-bond acceptors (Lipinski definition) is 6.